The number of urea groups is 1. The van der Waals surface area contributed by atoms with Crippen LogP contribution < -0.4 is 10.7 Å². The molecule has 2 rings (SSSR count). The van der Waals surface area contributed by atoms with Gasteiger partial charge in [0.2, 0.25) is 0 Å². The second-order valence-corrected chi connectivity index (χ2v) is 4.59. The number of amides is 2. The lowest BCUT2D eigenvalue weighted by Gasteiger charge is -2.26. The number of carbonyl (C=O) groups excluding carboxylic acids is 1. The minimum absolute atomic E-state index is 0.109. The molecule has 0 spiro atoms. The van der Waals surface area contributed by atoms with E-state index in [4.69, 9.17) is 5.11 Å². The van der Waals surface area contributed by atoms with Crippen molar-refractivity contribution in [3.63, 3.8) is 0 Å². The molecule has 0 bridgehead atoms. The average molecular weight is 282 g/mol. The fourth-order valence-electron chi connectivity index (χ4n) is 1.98. The molecule has 110 valence electrons. The quantitative estimate of drug-likeness (QED) is 0.682. The molecule has 1 aromatic rings. The lowest BCUT2D eigenvalue weighted by molar-refractivity contribution is 0.0690. The van der Waals surface area contributed by atoms with E-state index in [9.17, 15) is 9.59 Å². The van der Waals surface area contributed by atoms with E-state index in [1.165, 1.54) is 17.3 Å². The lowest BCUT2D eigenvalue weighted by Crippen LogP contribution is -2.49. The van der Waals surface area contributed by atoms with Crippen LogP contribution in [0, 0.1) is 0 Å². The number of nitrogens with zero attached hydrogens (tertiary/aromatic N) is 4. The van der Waals surface area contributed by atoms with E-state index < -0.39 is 5.97 Å². The number of carboxylic acid groups (broad SMARTS) is 1. The molecule has 0 aliphatic carbocycles. The predicted octanol–water partition coefficient (Wildman–Crippen LogP) is -0.324. The summed E-state index contributed by atoms with van der Waals surface area (Å²) in [5.74, 6) is -1.12. The van der Waals surface area contributed by atoms with Crippen molar-refractivity contribution in [3.8, 4) is 0 Å². The van der Waals surface area contributed by atoms with E-state index in [1.54, 1.807) is 0 Å². The summed E-state index contributed by atoms with van der Waals surface area (Å²) in [6.07, 6.45) is 4.72. The van der Waals surface area contributed by atoms with Crippen molar-refractivity contribution in [2.24, 2.45) is 0 Å². The molecule has 1 aliphatic rings. The predicted molar refractivity (Wildman–Crippen MR) is 68.9 cm³/mol. The molecule has 0 saturated carbocycles. The molecule has 0 atom stereocenters. The number of carboxylic acids is 1. The minimum Gasteiger partial charge on any atom is -0.476 e. The molecule has 0 unspecified atom stereocenters. The molecule has 1 fully saturated rings. The van der Waals surface area contributed by atoms with Gasteiger partial charge in [0.05, 0.1) is 12.7 Å². The summed E-state index contributed by atoms with van der Waals surface area (Å²) in [4.78, 5) is 22.2. The molecule has 1 aromatic heterocycles. The standard InChI is InChI=1S/C11H18N6O3/c18-10(19)9-8-17(15-13-9)7-4-12-11(20)14-16-5-2-1-3-6-16/h8H,1-7H2,(H,18,19)(H2,12,14,20). The maximum Gasteiger partial charge on any atom is 0.358 e. The molecule has 0 radical (unpaired) electrons. The number of carbonyl (C=O) groups is 2. The number of rotatable bonds is 5. The van der Waals surface area contributed by atoms with Crippen molar-refractivity contribution in [2.45, 2.75) is 25.8 Å². The number of nitrogens with one attached hydrogen (secondary N) is 2. The van der Waals surface area contributed by atoms with E-state index in [-0.39, 0.29) is 11.7 Å². The summed E-state index contributed by atoms with van der Waals surface area (Å²) in [6.45, 7) is 2.47. The first-order chi connectivity index (χ1) is 9.65. The van der Waals surface area contributed by atoms with Crippen LogP contribution in [-0.4, -0.2) is 56.7 Å². The largest absolute Gasteiger partial charge is 0.476 e. The summed E-state index contributed by atoms with van der Waals surface area (Å²) >= 11 is 0. The highest BCUT2D eigenvalue weighted by Crippen LogP contribution is 2.05. The summed E-state index contributed by atoms with van der Waals surface area (Å²) in [5.41, 5.74) is 2.66. The van der Waals surface area contributed by atoms with Gasteiger partial charge in [-0.2, -0.15) is 0 Å². The van der Waals surface area contributed by atoms with Crippen LogP contribution in [-0.2, 0) is 6.54 Å². The summed E-state index contributed by atoms with van der Waals surface area (Å²) < 4.78 is 1.38. The Kier molecular flexibility index (Phi) is 4.88. The Bertz CT molecular complexity index is 468. The zero-order valence-corrected chi connectivity index (χ0v) is 11.1. The molecule has 1 aliphatic heterocycles. The van der Waals surface area contributed by atoms with Gasteiger partial charge in [0, 0.05) is 19.6 Å². The van der Waals surface area contributed by atoms with Crippen LogP contribution in [0.15, 0.2) is 6.20 Å². The summed E-state index contributed by atoms with van der Waals surface area (Å²) in [7, 11) is 0. The molecular formula is C11H18N6O3. The maximum atomic E-state index is 11.6. The van der Waals surface area contributed by atoms with E-state index in [0.29, 0.717) is 13.1 Å². The van der Waals surface area contributed by atoms with Gasteiger partial charge in [-0.15, -0.1) is 5.10 Å². The highest BCUT2D eigenvalue weighted by molar-refractivity contribution is 5.84. The van der Waals surface area contributed by atoms with Crippen molar-refractivity contribution in [2.75, 3.05) is 19.6 Å². The van der Waals surface area contributed by atoms with Gasteiger partial charge in [-0.05, 0) is 12.8 Å². The van der Waals surface area contributed by atoms with Crippen molar-refractivity contribution in [1.82, 2.24) is 30.7 Å². The first-order valence-corrected chi connectivity index (χ1v) is 6.58. The third-order valence-electron chi connectivity index (χ3n) is 3.00. The van der Waals surface area contributed by atoms with Crippen molar-refractivity contribution < 1.29 is 14.7 Å². The molecule has 9 heteroatoms. The monoisotopic (exact) mass is 282 g/mol. The van der Waals surface area contributed by atoms with E-state index in [2.05, 4.69) is 21.1 Å². The second-order valence-electron chi connectivity index (χ2n) is 4.59. The fourth-order valence-corrected chi connectivity index (χ4v) is 1.98. The van der Waals surface area contributed by atoms with Gasteiger partial charge >= 0.3 is 12.0 Å². The summed E-state index contributed by atoms with van der Waals surface area (Å²) in [6, 6.07) is -0.259. The Morgan fingerprint density at radius 2 is 2.05 bits per heavy atom. The SMILES string of the molecule is O=C(NCCn1cc(C(=O)O)nn1)NN1CCCCC1. The Morgan fingerprint density at radius 3 is 2.70 bits per heavy atom. The van der Waals surface area contributed by atoms with Crippen LogP contribution in [0.5, 0.6) is 0 Å². The molecular weight excluding hydrogens is 264 g/mol. The Labute approximate surface area is 115 Å². The normalized spacial score (nSPS) is 15.8. The highest BCUT2D eigenvalue weighted by Gasteiger charge is 2.12. The van der Waals surface area contributed by atoms with Crippen LogP contribution in [0.4, 0.5) is 4.79 Å². The molecule has 9 nitrogen and oxygen atoms in total. The molecule has 20 heavy (non-hydrogen) atoms. The molecule has 1 saturated heterocycles. The van der Waals surface area contributed by atoms with Crippen molar-refractivity contribution in [3.05, 3.63) is 11.9 Å². The maximum absolute atomic E-state index is 11.6. The zero-order chi connectivity index (χ0) is 14.4. The van der Waals surface area contributed by atoms with Crippen LogP contribution >= 0.6 is 0 Å². The third-order valence-corrected chi connectivity index (χ3v) is 3.00. The minimum atomic E-state index is -1.12. The molecule has 2 heterocycles. The number of aromatic carboxylic acids is 1. The fraction of sp³-hybridized carbons (Fsp3) is 0.636. The average Bonchev–Trinajstić information content (AvgIpc) is 2.89. The van der Waals surface area contributed by atoms with Crippen LogP contribution in [0.1, 0.15) is 29.8 Å². The Balaban J connectivity index is 1.66. The van der Waals surface area contributed by atoms with E-state index in [0.717, 1.165) is 25.9 Å². The smallest absolute Gasteiger partial charge is 0.358 e. The first-order valence-electron chi connectivity index (χ1n) is 6.58. The molecule has 0 aromatic carbocycles. The van der Waals surface area contributed by atoms with Gasteiger partial charge in [0.15, 0.2) is 5.69 Å². The van der Waals surface area contributed by atoms with E-state index in [1.807, 2.05) is 5.01 Å². The second kappa shape index (κ2) is 6.85. The van der Waals surface area contributed by atoms with Crippen molar-refractivity contribution in [1.29, 1.82) is 0 Å². The van der Waals surface area contributed by atoms with Crippen LogP contribution in [0.3, 0.4) is 0 Å². The number of piperidine rings is 1. The van der Waals surface area contributed by atoms with Gasteiger partial charge in [-0.25, -0.2) is 19.3 Å². The molecule has 2 amide bonds. The number of hydrogen-bond donors (Lipinski definition) is 3. The number of hydrazine groups is 1. The number of hydrogen-bond acceptors (Lipinski definition) is 5. The zero-order valence-electron chi connectivity index (χ0n) is 11.1. The number of aromatic nitrogens is 3. The van der Waals surface area contributed by atoms with Crippen molar-refractivity contribution >= 4 is 12.0 Å². The lowest BCUT2D eigenvalue weighted by atomic mass is 10.2. The van der Waals surface area contributed by atoms with Crippen LogP contribution in [0.25, 0.3) is 0 Å². The van der Waals surface area contributed by atoms with E-state index >= 15 is 0 Å². The van der Waals surface area contributed by atoms with Gasteiger partial charge in [-0.3, -0.25) is 5.43 Å². The first kappa shape index (κ1) is 14.3. The van der Waals surface area contributed by atoms with Gasteiger partial charge in [-0.1, -0.05) is 11.6 Å². The van der Waals surface area contributed by atoms with Gasteiger partial charge in [0.25, 0.3) is 0 Å². The highest BCUT2D eigenvalue weighted by atomic mass is 16.4. The van der Waals surface area contributed by atoms with Crippen LogP contribution in [0.2, 0.25) is 0 Å². The Morgan fingerprint density at radius 1 is 1.30 bits per heavy atom. The van der Waals surface area contributed by atoms with Gasteiger partial charge < -0.3 is 10.4 Å². The third kappa shape index (κ3) is 4.19. The van der Waals surface area contributed by atoms with Gasteiger partial charge in [0.1, 0.15) is 0 Å². The summed E-state index contributed by atoms with van der Waals surface area (Å²) in [5, 5.41) is 20.4. The Hall–Kier alpha value is -2.16. The topological polar surface area (TPSA) is 112 Å². The molecule has 3 N–H and O–H groups in total.